The zero-order chi connectivity index (χ0) is 13.5. The summed E-state index contributed by atoms with van der Waals surface area (Å²) in [6.07, 6.45) is -0.104. The fourth-order valence-electron chi connectivity index (χ4n) is 1.41. The van der Waals surface area contributed by atoms with Crippen LogP contribution in [0.2, 0.25) is 0 Å². The second kappa shape index (κ2) is 7.78. The van der Waals surface area contributed by atoms with Gasteiger partial charge in [-0.15, -0.1) is 12.6 Å². The van der Waals surface area contributed by atoms with E-state index in [0.29, 0.717) is 18.5 Å². The minimum atomic E-state index is -0.560. The molecule has 0 aliphatic heterocycles. The average molecular weight is 334 g/mol. The van der Waals surface area contributed by atoms with E-state index < -0.39 is 6.10 Å². The highest BCUT2D eigenvalue weighted by Crippen LogP contribution is 2.20. The Bertz CT molecular complexity index is 414. The van der Waals surface area contributed by atoms with Crippen LogP contribution in [0.4, 0.5) is 0 Å². The Morgan fingerprint density at radius 2 is 2.33 bits per heavy atom. The summed E-state index contributed by atoms with van der Waals surface area (Å²) in [6.45, 7) is 0.665. The molecule has 100 valence electrons. The number of aliphatic hydroxyl groups excluding tert-OH is 1. The van der Waals surface area contributed by atoms with Crippen molar-refractivity contribution in [3.05, 3.63) is 28.2 Å². The smallest absolute Gasteiger partial charge is 0.252 e. The molecule has 0 spiro atoms. The second-order valence-electron chi connectivity index (χ2n) is 3.82. The van der Waals surface area contributed by atoms with Crippen LogP contribution < -0.4 is 5.32 Å². The highest BCUT2D eigenvalue weighted by atomic mass is 79.9. The number of halogens is 1. The molecule has 0 saturated heterocycles. The Hall–Kier alpha value is -0.560. The third kappa shape index (κ3) is 4.97. The maximum atomic E-state index is 11.9. The topological polar surface area (TPSA) is 58.6 Å². The number of carbonyl (C=O) groups excluding carboxylic acids is 1. The Morgan fingerprint density at radius 1 is 1.61 bits per heavy atom. The van der Waals surface area contributed by atoms with Gasteiger partial charge in [0.25, 0.3) is 5.91 Å². The first-order valence-corrected chi connectivity index (χ1v) is 6.72. The van der Waals surface area contributed by atoms with Crippen LogP contribution in [0.1, 0.15) is 16.8 Å². The number of rotatable bonds is 6. The van der Waals surface area contributed by atoms with Crippen LogP contribution in [0.15, 0.2) is 27.6 Å². The van der Waals surface area contributed by atoms with Gasteiger partial charge in [-0.05, 0) is 40.5 Å². The Kier molecular flexibility index (Phi) is 6.70. The van der Waals surface area contributed by atoms with Gasteiger partial charge in [-0.25, -0.2) is 0 Å². The molecule has 2 N–H and O–H groups in total. The second-order valence-corrected chi connectivity index (χ2v) is 5.19. The predicted molar refractivity (Wildman–Crippen MR) is 76.2 cm³/mol. The van der Waals surface area contributed by atoms with Crippen molar-refractivity contribution in [2.45, 2.75) is 17.4 Å². The zero-order valence-corrected chi connectivity index (χ0v) is 12.5. The number of ether oxygens (including phenoxy) is 1. The molecule has 0 heterocycles. The molecule has 6 heteroatoms. The van der Waals surface area contributed by atoms with Crippen molar-refractivity contribution in [3.63, 3.8) is 0 Å². The van der Waals surface area contributed by atoms with Gasteiger partial charge >= 0.3 is 0 Å². The summed E-state index contributed by atoms with van der Waals surface area (Å²) >= 11 is 7.50. The van der Waals surface area contributed by atoms with E-state index in [1.165, 1.54) is 7.11 Å². The number of hydrogen-bond acceptors (Lipinski definition) is 4. The molecule has 1 atom stereocenters. The van der Waals surface area contributed by atoms with Gasteiger partial charge in [0.15, 0.2) is 0 Å². The third-order valence-electron chi connectivity index (χ3n) is 2.32. The van der Waals surface area contributed by atoms with E-state index in [1.807, 2.05) is 0 Å². The van der Waals surface area contributed by atoms with Gasteiger partial charge in [-0.3, -0.25) is 4.79 Å². The fourth-order valence-corrected chi connectivity index (χ4v) is 2.04. The fraction of sp³-hybridized carbons (Fsp3) is 0.417. The minimum absolute atomic E-state index is 0.192. The summed E-state index contributed by atoms with van der Waals surface area (Å²) in [6, 6.07) is 5.26. The molecule has 1 unspecified atom stereocenters. The number of nitrogens with one attached hydrogen (secondary N) is 1. The van der Waals surface area contributed by atoms with Gasteiger partial charge in [0, 0.05) is 23.0 Å². The minimum Gasteiger partial charge on any atom is -0.391 e. The molecule has 4 nitrogen and oxygen atoms in total. The summed E-state index contributed by atoms with van der Waals surface area (Å²) in [4.78, 5) is 12.6. The van der Waals surface area contributed by atoms with Crippen LogP contribution in [-0.4, -0.2) is 37.4 Å². The van der Waals surface area contributed by atoms with Crippen molar-refractivity contribution in [3.8, 4) is 0 Å². The maximum absolute atomic E-state index is 11.9. The summed E-state index contributed by atoms with van der Waals surface area (Å²) in [5.74, 6) is -0.192. The number of thiol groups is 1. The maximum Gasteiger partial charge on any atom is 0.252 e. The number of aliphatic hydroxyl groups is 1. The van der Waals surface area contributed by atoms with Crippen LogP contribution in [0.3, 0.4) is 0 Å². The highest BCUT2D eigenvalue weighted by molar-refractivity contribution is 9.10. The molecular weight excluding hydrogens is 318 g/mol. The Morgan fingerprint density at radius 3 is 3.00 bits per heavy atom. The van der Waals surface area contributed by atoms with Crippen molar-refractivity contribution in [2.75, 3.05) is 20.3 Å². The van der Waals surface area contributed by atoms with Gasteiger partial charge in [-0.1, -0.05) is 0 Å². The van der Waals surface area contributed by atoms with Gasteiger partial charge in [0.05, 0.1) is 18.3 Å². The quantitative estimate of drug-likeness (QED) is 0.696. The van der Waals surface area contributed by atoms with Crippen molar-refractivity contribution < 1.29 is 14.6 Å². The molecule has 0 aromatic heterocycles. The molecule has 1 aromatic rings. The number of benzene rings is 1. The van der Waals surface area contributed by atoms with Crippen molar-refractivity contribution in [1.29, 1.82) is 0 Å². The summed E-state index contributed by atoms with van der Waals surface area (Å²) in [5.41, 5.74) is 0.531. The molecule has 1 aromatic carbocycles. The molecule has 0 aliphatic rings. The third-order valence-corrected chi connectivity index (χ3v) is 3.29. The van der Waals surface area contributed by atoms with E-state index in [4.69, 9.17) is 4.74 Å². The van der Waals surface area contributed by atoms with E-state index in [9.17, 15) is 9.90 Å². The number of amides is 1. The van der Waals surface area contributed by atoms with E-state index in [-0.39, 0.29) is 12.5 Å². The van der Waals surface area contributed by atoms with Crippen LogP contribution in [0.5, 0.6) is 0 Å². The Labute approximate surface area is 120 Å². The molecule has 0 saturated carbocycles. The van der Waals surface area contributed by atoms with Gasteiger partial charge in [0.1, 0.15) is 0 Å². The lowest BCUT2D eigenvalue weighted by molar-refractivity contribution is 0.0587. The highest BCUT2D eigenvalue weighted by Gasteiger charge is 2.10. The standard InChI is InChI=1S/C12H16BrNO3S/c1-17-7-8(15)4-5-14-12(16)10-6-9(18)2-3-11(10)13/h2-3,6,8,15,18H,4-5,7H2,1H3,(H,14,16). The van der Waals surface area contributed by atoms with Gasteiger partial charge in [0.2, 0.25) is 0 Å². The number of carbonyl (C=O) groups is 1. The molecule has 0 radical (unpaired) electrons. The van der Waals surface area contributed by atoms with Crippen molar-refractivity contribution in [1.82, 2.24) is 5.32 Å². The normalized spacial score (nSPS) is 12.2. The molecular formula is C12H16BrNO3S. The molecule has 0 bridgehead atoms. The molecule has 0 fully saturated rings. The zero-order valence-electron chi connectivity index (χ0n) is 10.0. The van der Waals surface area contributed by atoms with Crippen LogP contribution in [0, 0.1) is 0 Å². The van der Waals surface area contributed by atoms with Crippen LogP contribution in [0.25, 0.3) is 0 Å². The van der Waals surface area contributed by atoms with Crippen LogP contribution in [-0.2, 0) is 4.74 Å². The molecule has 18 heavy (non-hydrogen) atoms. The molecule has 1 rings (SSSR count). The lowest BCUT2D eigenvalue weighted by Gasteiger charge is -2.11. The van der Waals surface area contributed by atoms with Crippen molar-refractivity contribution in [2.24, 2.45) is 0 Å². The van der Waals surface area contributed by atoms with Crippen LogP contribution >= 0.6 is 28.6 Å². The monoisotopic (exact) mass is 333 g/mol. The number of hydrogen-bond donors (Lipinski definition) is 3. The van der Waals surface area contributed by atoms with E-state index in [0.717, 1.165) is 9.37 Å². The first-order chi connectivity index (χ1) is 8.54. The van der Waals surface area contributed by atoms with Crippen molar-refractivity contribution >= 4 is 34.5 Å². The summed E-state index contributed by atoms with van der Waals surface area (Å²) in [5, 5.41) is 12.2. The average Bonchev–Trinajstić information content (AvgIpc) is 2.32. The first kappa shape index (κ1) is 15.5. The van der Waals surface area contributed by atoms with E-state index in [1.54, 1.807) is 18.2 Å². The number of methoxy groups -OCH3 is 1. The predicted octanol–water partition coefficient (Wildman–Crippen LogP) is 1.86. The van der Waals surface area contributed by atoms with E-state index in [2.05, 4.69) is 33.9 Å². The SMILES string of the molecule is COCC(O)CCNC(=O)c1cc(S)ccc1Br. The lowest BCUT2D eigenvalue weighted by atomic mass is 10.2. The summed E-state index contributed by atoms with van der Waals surface area (Å²) < 4.78 is 5.52. The lowest BCUT2D eigenvalue weighted by Crippen LogP contribution is -2.28. The Balaban J connectivity index is 2.48. The molecule has 0 aliphatic carbocycles. The summed E-state index contributed by atoms with van der Waals surface area (Å²) in [7, 11) is 1.52. The van der Waals surface area contributed by atoms with Gasteiger partial charge < -0.3 is 15.2 Å². The van der Waals surface area contributed by atoms with E-state index >= 15 is 0 Å². The largest absolute Gasteiger partial charge is 0.391 e. The van der Waals surface area contributed by atoms with Gasteiger partial charge in [-0.2, -0.15) is 0 Å². The first-order valence-electron chi connectivity index (χ1n) is 5.48. The molecule has 1 amide bonds.